The number of para-hydroxylation sites is 1. The fourth-order valence-electron chi connectivity index (χ4n) is 12.6. The maximum atomic E-state index is 13.9. The van der Waals surface area contributed by atoms with Gasteiger partial charge in [-0.2, -0.15) is 0 Å². The number of esters is 1. The minimum atomic E-state index is -1.71. The number of rotatable bonds is 12. The molecule has 1 aliphatic heterocycles. The Morgan fingerprint density at radius 3 is 2.44 bits per heavy atom. The minimum absolute atomic E-state index is 0.0276. The number of carbonyl (C=O) groups excluding carboxylic acids is 2. The molecule has 1 amide bonds. The first-order valence-corrected chi connectivity index (χ1v) is 17.9. The number of anilines is 1. The third-order valence-corrected chi connectivity index (χ3v) is 14.1. The highest BCUT2D eigenvalue weighted by molar-refractivity contribution is 6.01. The van der Waals surface area contributed by atoms with Crippen LogP contribution in [0.1, 0.15) is 56.3 Å². The van der Waals surface area contributed by atoms with Crippen molar-refractivity contribution in [3.63, 3.8) is 0 Å². The van der Waals surface area contributed by atoms with E-state index in [0.717, 1.165) is 6.42 Å². The molecule has 13 nitrogen and oxygen atoms in total. The number of hydrogen-bond acceptors (Lipinski definition) is 11. The van der Waals surface area contributed by atoms with Crippen LogP contribution in [-0.2, 0) is 33.3 Å². The highest BCUT2D eigenvalue weighted by Crippen LogP contribution is 2.80. The molecule has 1 spiro atoms. The lowest BCUT2D eigenvalue weighted by Gasteiger charge is -2.70. The van der Waals surface area contributed by atoms with Crippen LogP contribution < -0.4 is 5.32 Å². The highest BCUT2D eigenvalue weighted by atomic mass is 16.5. The quantitative estimate of drug-likeness (QED) is 0.235. The molecular formula is C37H52N2O11. The van der Waals surface area contributed by atoms with Crippen molar-refractivity contribution in [3.05, 3.63) is 29.8 Å². The lowest BCUT2D eigenvalue weighted by molar-refractivity contribution is -0.320. The summed E-state index contributed by atoms with van der Waals surface area (Å²) in [7, 11) is 6.66. The second kappa shape index (κ2) is 12.5. The fraction of sp³-hybridized carbons (Fsp3) is 0.757. The van der Waals surface area contributed by atoms with E-state index in [4.69, 9.17) is 23.7 Å². The zero-order valence-corrected chi connectivity index (χ0v) is 29.8. The van der Waals surface area contributed by atoms with Gasteiger partial charge in [-0.05, 0) is 43.9 Å². The van der Waals surface area contributed by atoms with Gasteiger partial charge in [0.2, 0.25) is 5.91 Å². The smallest absolute Gasteiger partial charge is 0.340 e. The predicted octanol–water partition coefficient (Wildman–Crippen LogP) is 2.19. The third-order valence-electron chi connectivity index (χ3n) is 14.1. The van der Waals surface area contributed by atoms with Crippen molar-refractivity contribution >= 4 is 23.5 Å². The SMILES string of the molecule is CCN1C[C@]2(COC(=O)c3ccccc3NC(=O)C[C@@H](C)C(=O)O)CC[C@H](OC)[C@@]34[C@@H]5C[C@H]6[C@H](OC)[C@@H]5[C@](O)(C[C@@H]6OC)[C@@](O)([C@@H](OC)[C@H]23)[C@@H]14. The molecule has 7 bridgehead atoms. The summed E-state index contributed by atoms with van der Waals surface area (Å²) in [6.45, 7) is 4.65. The number of fused-ring (bicyclic) bond motifs is 2. The largest absolute Gasteiger partial charge is 0.481 e. The van der Waals surface area contributed by atoms with Crippen molar-refractivity contribution in [2.75, 3.05) is 53.5 Å². The van der Waals surface area contributed by atoms with Gasteiger partial charge in [0.05, 0.1) is 54.2 Å². The fourth-order valence-corrected chi connectivity index (χ4v) is 12.6. The number of nitrogens with zero attached hydrogens (tertiary/aromatic N) is 1. The number of ether oxygens (including phenoxy) is 5. The lowest BCUT2D eigenvalue weighted by atomic mass is 9.42. The summed E-state index contributed by atoms with van der Waals surface area (Å²) in [5.41, 5.74) is -4.20. The molecule has 5 saturated carbocycles. The van der Waals surface area contributed by atoms with Crippen LogP contribution in [0.5, 0.6) is 0 Å². The number of carboxylic acids is 1. The van der Waals surface area contributed by atoms with E-state index in [1.165, 1.54) is 6.92 Å². The van der Waals surface area contributed by atoms with Crippen molar-refractivity contribution in [1.82, 2.24) is 4.90 Å². The Kier molecular flexibility index (Phi) is 8.93. The van der Waals surface area contributed by atoms with E-state index in [1.54, 1.807) is 52.7 Å². The summed E-state index contributed by atoms with van der Waals surface area (Å²) in [5.74, 6) is -3.87. The second-order valence-corrected chi connectivity index (χ2v) is 15.8. The van der Waals surface area contributed by atoms with Crippen molar-refractivity contribution in [1.29, 1.82) is 0 Å². The van der Waals surface area contributed by atoms with E-state index in [2.05, 4.69) is 17.1 Å². The van der Waals surface area contributed by atoms with Crippen molar-refractivity contribution < 1.29 is 53.4 Å². The Labute approximate surface area is 292 Å². The van der Waals surface area contributed by atoms with Crippen molar-refractivity contribution in [2.24, 2.45) is 40.4 Å². The molecule has 13 heteroatoms. The van der Waals surface area contributed by atoms with E-state index < -0.39 is 57.9 Å². The molecule has 4 N–H and O–H groups in total. The van der Waals surface area contributed by atoms with Gasteiger partial charge in [0.25, 0.3) is 0 Å². The van der Waals surface area contributed by atoms with Crippen LogP contribution in [0, 0.1) is 40.4 Å². The number of hydrogen-bond donors (Lipinski definition) is 4. The van der Waals surface area contributed by atoms with Gasteiger partial charge in [-0.25, -0.2) is 4.79 Å². The number of carboxylic acid groups (broad SMARTS) is 1. The van der Waals surface area contributed by atoms with Gasteiger partial charge < -0.3 is 44.3 Å². The average molecular weight is 701 g/mol. The first kappa shape index (κ1) is 35.7. The monoisotopic (exact) mass is 700 g/mol. The van der Waals surface area contributed by atoms with Gasteiger partial charge in [-0.1, -0.05) is 26.0 Å². The Morgan fingerprint density at radius 1 is 1.06 bits per heavy atom. The number of benzene rings is 1. The maximum absolute atomic E-state index is 13.9. The van der Waals surface area contributed by atoms with E-state index in [9.17, 15) is 29.7 Å². The topological polar surface area (TPSA) is 173 Å². The lowest BCUT2D eigenvalue weighted by Crippen LogP contribution is -2.82. The van der Waals surface area contributed by atoms with Crippen LogP contribution in [-0.4, -0.2) is 128 Å². The van der Waals surface area contributed by atoms with Gasteiger partial charge in [0.15, 0.2) is 0 Å². The molecule has 276 valence electrons. The first-order chi connectivity index (χ1) is 23.8. The summed E-state index contributed by atoms with van der Waals surface area (Å²) in [6, 6.07) is 6.05. The zero-order valence-electron chi connectivity index (χ0n) is 29.8. The average Bonchev–Trinajstić information content (AvgIpc) is 3.52. The van der Waals surface area contributed by atoms with Crippen molar-refractivity contribution in [2.45, 2.75) is 87.6 Å². The summed E-state index contributed by atoms with van der Waals surface area (Å²) in [6.07, 6.45) is 0.397. The Hall–Kier alpha value is -2.65. The van der Waals surface area contributed by atoms with Crippen LogP contribution in [0.2, 0.25) is 0 Å². The Bertz CT molecular complexity index is 1530. The Balaban J connectivity index is 1.28. The van der Waals surface area contributed by atoms with Crippen LogP contribution in [0.3, 0.4) is 0 Å². The van der Waals surface area contributed by atoms with Crippen LogP contribution in [0.25, 0.3) is 0 Å². The Morgan fingerprint density at radius 2 is 1.80 bits per heavy atom. The first-order valence-electron chi connectivity index (χ1n) is 17.9. The molecule has 1 aromatic carbocycles. The number of nitrogens with one attached hydrogen (secondary N) is 1. The number of likely N-dealkylation sites (tertiary alicyclic amines) is 1. The number of amides is 1. The molecule has 6 fully saturated rings. The van der Waals surface area contributed by atoms with Crippen LogP contribution in [0.4, 0.5) is 5.69 Å². The molecule has 7 rings (SSSR count). The third kappa shape index (κ3) is 4.46. The van der Waals surface area contributed by atoms with Gasteiger partial charge in [0, 0.05) is 76.4 Å². The van der Waals surface area contributed by atoms with Gasteiger partial charge >= 0.3 is 11.9 Å². The zero-order chi connectivity index (χ0) is 36.0. The van der Waals surface area contributed by atoms with E-state index in [1.807, 2.05) is 0 Å². The highest BCUT2D eigenvalue weighted by Gasteiger charge is 2.91. The van der Waals surface area contributed by atoms with Gasteiger partial charge in [0.1, 0.15) is 11.2 Å². The standard InChI is InChI=1S/C37H52N2O11/c1-7-39-17-34(18-50-32(43)20-10-8-9-11-23(20)38-26(40)14-19(2)31(41)42)13-12-25(47-4)36-22-15-21-24(46-3)16-35(44,27(22)28(21)48-5)37(45,33(36)39)30(49-6)29(34)36/h8-11,19,21-22,24-25,27-30,33,44-45H,7,12-18H2,1-6H3,(H,38,40)(H,41,42)/t19-,21-,22-,24+,25+,27-,28+,29-,30+,33+,34+,35-,36+,37-/m1/s1. The number of likely N-dealkylation sites (N-methyl/N-ethyl adjacent to an activating group) is 1. The molecule has 1 aromatic rings. The maximum Gasteiger partial charge on any atom is 0.340 e. The number of aliphatic carboxylic acids is 1. The van der Waals surface area contributed by atoms with Crippen molar-refractivity contribution in [3.8, 4) is 0 Å². The summed E-state index contributed by atoms with van der Waals surface area (Å²) in [5, 5.41) is 38.5. The van der Waals surface area contributed by atoms with Crippen LogP contribution >= 0.6 is 0 Å². The normalized spacial score (nSPS) is 44.4. The van der Waals surface area contributed by atoms with E-state index in [0.29, 0.717) is 25.9 Å². The van der Waals surface area contributed by atoms with E-state index in [-0.39, 0.29) is 72.7 Å². The molecular weight excluding hydrogens is 648 g/mol. The molecule has 0 radical (unpaired) electrons. The van der Waals surface area contributed by atoms with Gasteiger partial charge in [-0.15, -0.1) is 0 Å². The molecule has 0 unspecified atom stereocenters. The minimum Gasteiger partial charge on any atom is -0.481 e. The number of piperidine rings is 1. The summed E-state index contributed by atoms with van der Waals surface area (Å²) in [4.78, 5) is 40.2. The predicted molar refractivity (Wildman–Crippen MR) is 178 cm³/mol. The van der Waals surface area contributed by atoms with E-state index >= 15 is 0 Å². The summed E-state index contributed by atoms with van der Waals surface area (Å²) < 4.78 is 31.3. The molecule has 50 heavy (non-hydrogen) atoms. The van der Waals surface area contributed by atoms with Crippen LogP contribution in [0.15, 0.2) is 24.3 Å². The second-order valence-electron chi connectivity index (χ2n) is 15.8. The van der Waals surface area contributed by atoms with Gasteiger partial charge in [-0.3, -0.25) is 14.5 Å². The number of aliphatic hydroxyl groups is 2. The summed E-state index contributed by atoms with van der Waals surface area (Å²) >= 11 is 0. The molecule has 6 aliphatic rings. The number of methoxy groups -OCH3 is 4. The molecule has 14 atom stereocenters. The number of carbonyl (C=O) groups is 3. The molecule has 0 aromatic heterocycles. The molecule has 1 heterocycles. The molecule has 5 aliphatic carbocycles. The molecule has 1 saturated heterocycles.